The lowest BCUT2D eigenvalue weighted by Gasteiger charge is -2.39. The van der Waals surface area contributed by atoms with E-state index in [9.17, 15) is 4.79 Å². The van der Waals surface area contributed by atoms with E-state index >= 15 is 0 Å². The van der Waals surface area contributed by atoms with Crippen LogP contribution in [0.5, 0.6) is 0 Å². The van der Waals surface area contributed by atoms with Crippen molar-refractivity contribution in [2.45, 2.75) is 52.2 Å². The maximum Gasteiger partial charge on any atom is 0.322 e. The third kappa shape index (κ3) is 1.78. The van der Waals surface area contributed by atoms with Crippen molar-refractivity contribution < 1.29 is 14.6 Å². The molecule has 0 heterocycles. The van der Waals surface area contributed by atoms with Crippen LogP contribution in [0.25, 0.3) is 0 Å². The van der Waals surface area contributed by atoms with Gasteiger partial charge in [-0.15, -0.1) is 0 Å². The topological polar surface area (TPSA) is 72.5 Å². The third-order valence-corrected chi connectivity index (χ3v) is 5.51. The summed E-state index contributed by atoms with van der Waals surface area (Å²) in [6.07, 6.45) is 3.67. The van der Waals surface area contributed by atoms with Crippen molar-refractivity contribution in [2.75, 3.05) is 6.61 Å². The van der Waals surface area contributed by atoms with Crippen LogP contribution in [0, 0.1) is 16.7 Å². The molecule has 98 valence electrons. The lowest BCUT2D eigenvalue weighted by atomic mass is 9.70. The molecule has 2 aliphatic rings. The number of hydrogen-bond donors (Lipinski definition) is 2. The van der Waals surface area contributed by atoms with E-state index in [1.54, 1.807) is 0 Å². The molecule has 0 aromatic heterocycles. The summed E-state index contributed by atoms with van der Waals surface area (Å²) in [5, 5.41) is 8.75. The van der Waals surface area contributed by atoms with E-state index in [1.807, 2.05) is 0 Å². The molecule has 17 heavy (non-hydrogen) atoms. The maximum atomic E-state index is 10.7. The van der Waals surface area contributed by atoms with Gasteiger partial charge >= 0.3 is 5.97 Å². The van der Waals surface area contributed by atoms with Crippen molar-refractivity contribution in [2.24, 2.45) is 22.5 Å². The van der Waals surface area contributed by atoms with Gasteiger partial charge in [0.25, 0.3) is 0 Å². The van der Waals surface area contributed by atoms with Gasteiger partial charge in [-0.2, -0.15) is 0 Å². The fourth-order valence-corrected chi connectivity index (χ4v) is 3.67. The molecule has 0 saturated heterocycles. The van der Waals surface area contributed by atoms with Gasteiger partial charge in [-0.3, -0.25) is 4.79 Å². The second-order valence-electron chi connectivity index (χ2n) is 6.38. The van der Waals surface area contributed by atoms with Gasteiger partial charge < -0.3 is 15.6 Å². The summed E-state index contributed by atoms with van der Waals surface area (Å²) in [7, 11) is 0. The Hall–Kier alpha value is -0.610. The number of nitrogens with two attached hydrogens (primary N) is 1. The minimum atomic E-state index is -0.988. The number of carboxylic acids is 1. The molecule has 0 aromatic rings. The van der Waals surface area contributed by atoms with Crippen LogP contribution in [-0.2, 0) is 9.53 Å². The Bertz CT molecular complexity index is 329. The number of hydrogen-bond acceptors (Lipinski definition) is 3. The zero-order valence-electron chi connectivity index (χ0n) is 10.9. The van der Waals surface area contributed by atoms with Crippen molar-refractivity contribution >= 4 is 5.97 Å². The Morgan fingerprint density at radius 2 is 2.18 bits per heavy atom. The van der Waals surface area contributed by atoms with Crippen molar-refractivity contribution in [3.63, 3.8) is 0 Å². The Morgan fingerprint density at radius 3 is 2.59 bits per heavy atom. The van der Waals surface area contributed by atoms with Crippen LogP contribution in [0.2, 0.25) is 0 Å². The zero-order valence-corrected chi connectivity index (χ0v) is 10.9. The first kappa shape index (κ1) is 12.8. The number of rotatable bonds is 4. The lowest BCUT2D eigenvalue weighted by molar-refractivity contribution is -0.141. The van der Waals surface area contributed by atoms with E-state index in [0.29, 0.717) is 11.3 Å². The molecule has 2 fully saturated rings. The van der Waals surface area contributed by atoms with Crippen LogP contribution in [-0.4, -0.2) is 29.8 Å². The number of ether oxygens (including phenoxy) is 1. The standard InChI is InChI=1S/C13H23NO3/c1-12(2)8-4-5-13(12,3)10(6-8)17-7-9(14)11(15)16/h8-10H,4-7,14H2,1-3H3,(H,15,16). The highest BCUT2D eigenvalue weighted by molar-refractivity contribution is 5.73. The van der Waals surface area contributed by atoms with Crippen molar-refractivity contribution in [3.05, 3.63) is 0 Å². The molecule has 0 radical (unpaired) electrons. The van der Waals surface area contributed by atoms with Gasteiger partial charge in [0, 0.05) is 0 Å². The molecule has 4 unspecified atom stereocenters. The van der Waals surface area contributed by atoms with Crippen LogP contribution >= 0.6 is 0 Å². The Morgan fingerprint density at radius 1 is 1.53 bits per heavy atom. The minimum Gasteiger partial charge on any atom is -0.480 e. The van der Waals surface area contributed by atoms with Gasteiger partial charge in [0.15, 0.2) is 0 Å². The van der Waals surface area contributed by atoms with Crippen molar-refractivity contribution in [1.29, 1.82) is 0 Å². The fourth-order valence-electron chi connectivity index (χ4n) is 3.67. The summed E-state index contributed by atoms with van der Waals surface area (Å²) in [6, 6.07) is -0.902. The van der Waals surface area contributed by atoms with E-state index in [0.717, 1.165) is 6.42 Å². The van der Waals surface area contributed by atoms with Crippen molar-refractivity contribution in [3.8, 4) is 0 Å². The second-order valence-corrected chi connectivity index (χ2v) is 6.38. The van der Waals surface area contributed by atoms with E-state index in [-0.39, 0.29) is 18.1 Å². The highest BCUT2D eigenvalue weighted by Gasteiger charge is 2.61. The first-order chi connectivity index (χ1) is 7.79. The predicted octanol–water partition coefficient (Wildman–Crippen LogP) is 1.63. The van der Waals surface area contributed by atoms with Gasteiger partial charge in [-0.1, -0.05) is 20.8 Å². The fraction of sp³-hybridized carbons (Fsp3) is 0.923. The Kier molecular flexibility index (Phi) is 2.99. The van der Waals surface area contributed by atoms with E-state index in [1.165, 1.54) is 12.8 Å². The molecular formula is C13H23NO3. The highest BCUT2D eigenvalue weighted by Crippen LogP contribution is 2.66. The van der Waals surface area contributed by atoms with Crippen LogP contribution in [0.1, 0.15) is 40.0 Å². The molecule has 4 atom stereocenters. The molecule has 2 bridgehead atoms. The molecule has 2 saturated carbocycles. The van der Waals surface area contributed by atoms with Crippen molar-refractivity contribution in [1.82, 2.24) is 0 Å². The largest absolute Gasteiger partial charge is 0.480 e. The van der Waals surface area contributed by atoms with Gasteiger partial charge in [0.05, 0.1) is 12.7 Å². The molecule has 0 aliphatic heterocycles. The molecular weight excluding hydrogens is 218 g/mol. The first-order valence-corrected chi connectivity index (χ1v) is 6.39. The summed E-state index contributed by atoms with van der Waals surface area (Å²) in [4.78, 5) is 10.7. The van der Waals surface area contributed by atoms with E-state index < -0.39 is 12.0 Å². The van der Waals surface area contributed by atoms with Crippen LogP contribution in [0.15, 0.2) is 0 Å². The average molecular weight is 241 g/mol. The van der Waals surface area contributed by atoms with Gasteiger partial charge in [-0.05, 0) is 36.0 Å². The van der Waals surface area contributed by atoms with Gasteiger partial charge in [-0.25, -0.2) is 0 Å². The SMILES string of the molecule is CC1(C)C2CCC1(C)C(OCC(N)C(=O)O)C2. The second kappa shape index (κ2) is 3.95. The van der Waals surface area contributed by atoms with Crippen LogP contribution in [0.3, 0.4) is 0 Å². The summed E-state index contributed by atoms with van der Waals surface area (Å²) >= 11 is 0. The molecule has 0 aromatic carbocycles. The summed E-state index contributed by atoms with van der Waals surface area (Å²) in [5.74, 6) is -0.281. The Balaban J connectivity index is 1.99. The highest BCUT2D eigenvalue weighted by atomic mass is 16.5. The molecule has 0 amide bonds. The first-order valence-electron chi connectivity index (χ1n) is 6.39. The minimum absolute atomic E-state index is 0.123. The number of aliphatic carboxylic acids is 1. The zero-order chi connectivity index (χ0) is 12.8. The molecule has 2 rings (SSSR count). The molecule has 4 heteroatoms. The van der Waals surface area contributed by atoms with Crippen LogP contribution in [0.4, 0.5) is 0 Å². The lowest BCUT2D eigenvalue weighted by Crippen LogP contribution is -2.41. The molecule has 3 N–H and O–H groups in total. The smallest absolute Gasteiger partial charge is 0.322 e. The molecule has 0 spiro atoms. The Labute approximate surface area is 103 Å². The number of carboxylic acid groups (broad SMARTS) is 1. The summed E-state index contributed by atoms with van der Waals surface area (Å²) in [6.45, 7) is 7.02. The summed E-state index contributed by atoms with van der Waals surface area (Å²) < 4.78 is 5.79. The van der Waals surface area contributed by atoms with E-state index in [2.05, 4.69) is 20.8 Å². The quantitative estimate of drug-likeness (QED) is 0.784. The van der Waals surface area contributed by atoms with Gasteiger partial charge in [0.2, 0.25) is 0 Å². The summed E-state index contributed by atoms with van der Waals surface area (Å²) in [5.41, 5.74) is 5.95. The van der Waals surface area contributed by atoms with E-state index in [4.69, 9.17) is 15.6 Å². The predicted molar refractivity (Wildman–Crippen MR) is 64.6 cm³/mol. The third-order valence-electron chi connectivity index (χ3n) is 5.51. The number of carbonyl (C=O) groups is 1. The monoisotopic (exact) mass is 241 g/mol. The molecule has 4 nitrogen and oxygen atoms in total. The number of fused-ring (bicyclic) bond motifs is 2. The normalized spacial score (nSPS) is 40.5. The molecule has 2 aliphatic carbocycles. The maximum absolute atomic E-state index is 10.7. The van der Waals surface area contributed by atoms with Gasteiger partial charge in [0.1, 0.15) is 6.04 Å². The average Bonchev–Trinajstić information content (AvgIpc) is 2.57. The van der Waals surface area contributed by atoms with Crippen LogP contribution < -0.4 is 5.73 Å².